The first-order valence-corrected chi connectivity index (χ1v) is 8.38. The first kappa shape index (κ1) is 19.0. The molecule has 1 aromatic carbocycles. The summed E-state index contributed by atoms with van der Waals surface area (Å²) in [5, 5.41) is 3.35. The molecule has 1 atom stereocenters. The predicted molar refractivity (Wildman–Crippen MR) is 86.9 cm³/mol. The Balaban J connectivity index is 1.93. The number of urea groups is 1. The molecular formula is C17H18F3N3O4. The number of rotatable bonds is 4. The summed E-state index contributed by atoms with van der Waals surface area (Å²) in [6.07, 6.45) is -2.90. The Morgan fingerprint density at radius 1 is 1.30 bits per heavy atom. The van der Waals surface area contributed by atoms with E-state index in [9.17, 15) is 27.6 Å². The Morgan fingerprint density at radius 2 is 1.96 bits per heavy atom. The molecule has 7 nitrogen and oxygen atoms in total. The van der Waals surface area contributed by atoms with E-state index in [0.29, 0.717) is 17.7 Å². The molecule has 1 aliphatic carbocycles. The molecule has 1 heterocycles. The summed E-state index contributed by atoms with van der Waals surface area (Å²) in [5.74, 6) is -2.41. The minimum atomic E-state index is -5.22. The molecule has 0 unspecified atom stereocenters. The number of imide groups is 1. The summed E-state index contributed by atoms with van der Waals surface area (Å²) in [4.78, 5) is 37.8. The highest BCUT2D eigenvalue weighted by Crippen LogP contribution is 2.37. The largest absolute Gasteiger partial charge is 0.497 e. The maximum absolute atomic E-state index is 13.8. The molecule has 1 saturated heterocycles. The van der Waals surface area contributed by atoms with Gasteiger partial charge in [0.25, 0.3) is 17.5 Å². The number of nitrogens with one attached hydrogen (secondary N) is 2. The van der Waals surface area contributed by atoms with E-state index in [1.54, 1.807) is 10.6 Å². The van der Waals surface area contributed by atoms with Crippen LogP contribution in [0.2, 0.25) is 0 Å². The zero-order valence-electron chi connectivity index (χ0n) is 14.4. The Hall–Kier alpha value is -2.78. The van der Waals surface area contributed by atoms with Crippen LogP contribution in [-0.4, -0.2) is 47.7 Å². The normalized spacial score (nSPS) is 23.5. The second kappa shape index (κ2) is 6.75. The van der Waals surface area contributed by atoms with Gasteiger partial charge in [0, 0.05) is 11.6 Å². The van der Waals surface area contributed by atoms with Gasteiger partial charge in [0.05, 0.1) is 7.11 Å². The molecule has 2 N–H and O–H groups in total. The Kier molecular flexibility index (Phi) is 4.75. The van der Waals surface area contributed by atoms with Crippen molar-refractivity contribution >= 4 is 17.8 Å². The number of benzene rings is 1. The summed E-state index contributed by atoms with van der Waals surface area (Å²) < 4.78 is 46.4. The van der Waals surface area contributed by atoms with Gasteiger partial charge < -0.3 is 10.1 Å². The molecule has 3 rings (SSSR count). The molecule has 0 bridgehead atoms. The molecule has 2 fully saturated rings. The molecular weight excluding hydrogens is 367 g/mol. The lowest BCUT2D eigenvalue weighted by Crippen LogP contribution is -2.69. The van der Waals surface area contributed by atoms with Crippen LogP contribution in [0.4, 0.5) is 18.0 Å². The van der Waals surface area contributed by atoms with Gasteiger partial charge in [0.15, 0.2) is 0 Å². The van der Waals surface area contributed by atoms with E-state index in [1.807, 2.05) is 0 Å². The van der Waals surface area contributed by atoms with Crippen LogP contribution < -0.4 is 15.4 Å². The van der Waals surface area contributed by atoms with Gasteiger partial charge in [0.1, 0.15) is 5.75 Å². The van der Waals surface area contributed by atoms with Gasteiger partial charge in [-0.05, 0) is 31.0 Å². The van der Waals surface area contributed by atoms with E-state index in [1.165, 1.54) is 31.4 Å². The molecule has 4 amide bonds. The number of carbonyl (C=O) groups excluding carboxylic acids is 3. The Bertz CT molecular complexity index is 777. The lowest BCUT2D eigenvalue weighted by atomic mass is 10.1. The monoisotopic (exact) mass is 385 g/mol. The van der Waals surface area contributed by atoms with E-state index < -0.39 is 35.7 Å². The number of hydrogen-bond acceptors (Lipinski definition) is 4. The van der Waals surface area contributed by atoms with Crippen LogP contribution in [-0.2, 0) is 4.79 Å². The molecule has 10 heteroatoms. The zero-order chi connectivity index (χ0) is 19.8. The molecule has 1 aromatic rings. The van der Waals surface area contributed by atoms with Gasteiger partial charge in [-0.3, -0.25) is 19.8 Å². The number of ether oxygens (including phenoxy) is 1. The van der Waals surface area contributed by atoms with Crippen LogP contribution in [0, 0.1) is 0 Å². The van der Waals surface area contributed by atoms with Crippen LogP contribution in [0.25, 0.3) is 0 Å². The third-order valence-corrected chi connectivity index (χ3v) is 4.80. The fraction of sp³-hybridized carbons (Fsp3) is 0.471. The van der Waals surface area contributed by atoms with E-state index in [2.05, 4.69) is 0 Å². The van der Waals surface area contributed by atoms with E-state index in [0.717, 1.165) is 12.8 Å². The Labute approximate surface area is 152 Å². The third kappa shape index (κ3) is 3.19. The van der Waals surface area contributed by atoms with Crippen molar-refractivity contribution in [2.24, 2.45) is 0 Å². The first-order valence-electron chi connectivity index (χ1n) is 8.38. The minimum absolute atomic E-state index is 0.139. The maximum Gasteiger partial charge on any atom is 0.440 e. The van der Waals surface area contributed by atoms with Gasteiger partial charge in [-0.1, -0.05) is 18.9 Å². The Morgan fingerprint density at radius 3 is 2.56 bits per heavy atom. The lowest BCUT2D eigenvalue weighted by Gasteiger charge is -2.30. The van der Waals surface area contributed by atoms with Crippen molar-refractivity contribution in [2.45, 2.75) is 43.6 Å². The van der Waals surface area contributed by atoms with Gasteiger partial charge in [-0.15, -0.1) is 0 Å². The van der Waals surface area contributed by atoms with E-state index in [-0.39, 0.29) is 11.3 Å². The van der Waals surface area contributed by atoms with Crippen molar-refractivity contribution in [1.29, 1.82) is 0 Å². The molecule has 0 spiro atoms. The molecule has 146 valence electrons. The second-order valence-electron chi connectivity index (χ2n) is 6.48. The van der Waals surface area contributed by atoms with Gasteiger partial charge in [-0.25, -0.2) is 4.79 Å². The summed E-state index contributed by atoms with van der Waals surface area (Å²) in [7, 11) is 1.34. The molecule has 27 heavy (non-hydrogen) atoms. The summed E-state index contributed by atoms with van der Waals surface area (Å²) in [6.45, 7) is 0. The third-order valence-electron chi connectivity index (χ3n) is 4.80. The average molecular weight is 385 g/mol. The van der Waals surface area contributed by atoms with Crippen molar-refractivity contribution in [3.63, 3.8) is 0 Å². The van der Waals surface area contributed by atoms with E-state index >= 15 is 0 Å². The number of alkyl halides is 3. The predicted octanol–water partition coefficient (Wildman–Crippen LogP) is 2.18. The molecule has 1 aliphatic heterocycles. The zero-order valence-corrected chi connectivity index (χ0v) is 14.4. The number of methoxy groups -OCH3 is 1. The molecule has 0 aromatic heterocycles. The average Bonchev–Trinajstić information content (AvgIpc) is 3.21. The second-order valence-corrected chi connectivity index (χ2v) is 6.48. The molecule has 1 saturated carbocycles. The van der Waals surface area contributed by atoms with Crippen molar-refractivity contribution in [3.8, 4) is 5.75 Å². The number of nitrogens with zero attached hydrogens (tertiary/aromatic N) is 1. The molecule has 2 aliphatic rings. The van der Waals surface area contributed by atoms with Crippen LogP contribution in [0.3, 0.4) is 0 Å². The van der Waals surface area contributed by atoms with Gasteiger partial charge in [-0.2, -0.15) is 13.2 Å². The number of carbonyl (C=O) groups is 3. The topological polar surface area (TPSA) is 87.7 Å². The van der Waals surface area contributed by atoms with Crippen molar-refractivity contribution < 1.29 is 32.3 Å². The first-order chi connectivity index (χ1) is 12.7. The summed E-state index contributed by atoms with van der Waals surface area (Å²) >= 11 is 0. The summed E-state index contributed by atoms with van der Waals surface area (Å²) in [6, 6.07) is 3.69. The highest BCUT2D eigenvalue weighted by Gasteiger charge is 2.69. The quantitative estimate of drug-likeness (QED) is 0.778. The highest BCUT2D eigenvalue weighted by molar-refractivity contribution is 6.10. The standard InChI is InChI=1S/C17H18F3N3O4/c1-27-12-8-4-5-10(9-12)13(24)21-16(17(18,19)20)14(25)23(15(26)22-16)11-6-2-3-7-11/h4-5,8-9,11H,2-3,6-7H2,1H3,(H,21,24)(H,22,26)/t16-/m0/s1. The van der Waals surface area contributed by atoms with Crippen LogP contribution >= 0.6 is 0 Å². The maximum atomic E-state index is 13.8. The fourth-order valence-electron chi connectivity index (χ4n) is 3.40. The van der Waals surface area contributed by atoms with E-state index in [4.69, 9.17) is 4.74 Å². The van der Waals surface area contributed by atoms with Gasteiger partial charge >= 0.3 is 12.2 Å². The highest BCUT2D eigenvalue weighted by atomic mass is 19.4. The minimum Gasteiger partial charge on any atom is -0.497 e. The van der Waals surface area contributed by atoms with Crippen molar-refractivity contribution in [3.05, 3.63) is 29.8 Å². The van der Waals surface area contributed by atoms with Gasteiger partial charge in [0.2, 0.25) is 0 Å². The number of amides is 4. The lowest BCUT2D eigenvalue weighted by molar-refractivity contribution is -0.200. The SMILES string of the molecule is COc1cccc(C(=O)N[C@]2(C(F)(F)F)NC(=O)N(C3CCCC3)C2=O)c1. The number of hydrogen-bond donors (Lipinski definition) is 2. The number of halogens is 3. The molecule has 0 radical (unpaired) electrons. The summed E-state index contributed by atoms with van der Waals surface area (Å²) in [5.41, 5.74) is -3.63. The van der Waals surface area contributed by atoms with Crippen LogP contribution in [0.15, 0.2) is 24.3 Å². The van der Waals surface area contributed by atoms with Crippen LogP contribution in [0.1, 0.15) is 36.0 Å². The smallest absolute Gasteiger partial charge is 0.440 e. The fourth-order valence-corrected chi connectivity index (χ4v) is 3.40. The van der Waals surface area contributed by atoms with Crippen molar-refractivity contribution in [2.75, 3.05) is 7.11 Å². The van der Waals surface area contributed by atoms with Crippen molar-refractivity contribution in [1.82, 2.24) is 15.5 Å². The van der Waals surface area contributed by atoms with Crippen LogP contribution in [0.5, 0.6) is 5.75 Å².